The van der Waals surface area contributed by atoms with Gasteiger partial charge in [0.05, 0.1) is 16.6 Å². The molecule has 3 fully saturated rings. The summed E-state index contributed by atoms with van der Waals surface area (Å²) < 4.78 is -0.588. The molecule has 0 aliphatic carbocycles. The molecule has 3 aliphatic rings. The summed E-state index contributed by atoms with van der Waals surface area (Å²) in [5.74, 6) is -0.794. The van der Waals surface area contributed by atoms with Crippen LogP contribution in [0.2, 0.25) is 0 Å². The fourth-order valence-electron chi connectivity index (χ4n) is 6.60. The van der Waals surface area contributed by atoms with Crippen LogP contribution in [0, 0.1) is 17.8 Å². The van der Waals surface area contributed by atoms with Gasteiger partial charge in [-0.2, -0.15) is 0 Å². The fourth-order valence-corrected chi connectivity index (χ4v) is 9.01. The molecule has 3 heterocycles. The average Bonchev–Trinajstić information content (AvgIpc) is 3.44. The number of likely N-dealkylation sites (N-methyl/N-ethyl adjacent to an activating group) is 1. The molecule has 0 radical (unpaired) electrons. The third-order valence-electron chi connectivity index (χ3n) is 8.29. The first-order valence-electron chi connectivity index (χ1n) is 13.6. The molecule has 202 valence electrons. The predicted octanol–water partition coefficient (Wildman–Crippen LogP) is 3.34. The maximum Gasteiger partial charge on any atom is 0.247 e. The molecular formula is C28H45N3O4S. The molecule has 3 unspecified atom stereocenters. The van der Waals surface area contributed by atoms with Gasteiger partial charge in [-0.25, -0.2) is 0 Å². The first-order chi connectivity index (χ1) is 17.3. The molecule has 1 N–H and O–H groups in total. The van der Waals surface area contributed by atoms with E-state index in [4.69, 9.17) is 0 Å². The first kappa shape index (κ1) is 28.8. The van der Waals surface area contributed by atoms with Gasteiger partial charge < -0.3 is 19.8 Å². The van der Waals surface area contributed by atoms with Crippen molar-refractivity contribution in [3.8, 4) is 0 Å². The summed E-state index contributed by atoms with van der Waals surface area (Å²) in [6, 6.07) is -0.571. The minimum absolute atomic E-state index is 0.00319. The SMILES string of the molecule is C=CCN(C)C(=O)[C@@H]1[C@H]2C(=O)N(CCCCCO)C(C(=O)N(CC=C)CCCCC)C23S[C@@H]1CC3C. The summed E-state index contributed by atoms with van der Waals surface area (Å²) in [5.41, 5.74) is 0. The molecule has 3 saturated heterocycles. The third kappa shape index (κ3) is 5.13. The predicted molar refractivity (Wildman–Crippen MR) is 145 cm³/mol. The van der Waals surface area contributed by atoms with E-state index in [-0.39, 0.29) is 35.5 Å². The van der Waals surface area contributed by atoms with E-state index in [1.165, 1.54) is 0 Å². The van der Waals surface area contributed by atoms with Gasteiger partial charge in [-0.3, -0.25) is 14.4 Å². The van der Waals surface area contributed by atoms with Gasteiger partial charge in [0.1, 0.15) is 6.04 Å². The highest BCUT2D eigenvalue weighted by Crippen LogP contribution is 2.68. The van der Waals surface area contributed by atoms with Gasteiger partial charge >= 0.3 is 0 Å². The van der Waals surface area contributed by atoms with Crippen molar-refractivity contribution in [3.63, 3.8) is 0 Å². The minimum atomic E-state index is -0.588. The fraction of sp³-hybridized carbons (Fsp3) is 0.750. The summed E-state index contributed by atoms with van der Waals surface area (Å²) >= 11 is 1.73. The van der Waals surface area contributed by atoms with Crippen LogP contribution in [0.4, 0.5) is 0 Å². The lowest BCUT2D eigenvalue weighted by molar-refractivity contribution is -0.144. The first-order valence-corrected chi connectivity index (χ1v) is 14.5. The van der Waals surface area contributed by atoms with Crippen molar-refractivity contribution < 1.29 is 19.5 Å². The van der Waals surface area contributed by atoms with E-state index in [0.717, 1.165) is 38.5 Å². The Bertz CT molecular complexity index is 836. The molecule has 6 atom stereocenters. The Morgan fingerprint density at radius 1 is 1.14 bits per heavy atom. The highest BCUT2D eigenvalue weighted by Gasteiger charge is 2.76. The molecule has 0 aromatic heterocycles. The number of carbonyl (C=O) groups excluding carboxylic acids is 3. The Morgan fingerprint density at radius 2 is 1.86 bits per heavy atom. The summed E-state index contributed by atoms with van der Waals surface area (Å²) in [6.45, 7) is 14.1. The van der Waals surface area contributed by atoms with Crippen LogP contribution in [-0.2, 0) is 14.4 Å². The zero-order valence-corrected chi connectivity index (χ0v) is 23.2. The van der Waals surface area contributed by atoms with Crippen molar-refractivity contribution in [2.75, 3.05) is 39.8 Å². The lowest BCUT2D eigenvalue weighted by atomic mass is 9.65. The molecule has 36 heavy (non-hydrogen) atoms. The van der Waals surface area contributed by atoms with Crippen LogP contribution in [0.1, 0.15) is 58.8 Å². The van der Waals surface area contributed by atoms with Gasteiger partial charge in [0.2, 0.25) is 17.7 Å². The molecule has 0 aromatic rings. The van der Waals surface area contributed by atoms with Crippen molar-refractivity contribution in [2.24, 2.45) is 17.8 Å². The van der Waals surface area contributed by atoms with E-state index < -0.39 is 22.6 Å². The van der Waals surface area contributed by atoms with E-state index in [2.05, 4.69) is 27.0 Å². The quantitative estimate of drug-likeness (QED) is 0.265. The van der Waals surface area contributed by atoms with Crippen molar-refractivity contribution in [2.45, 2.75) is 74.8 Å². The lowest BCUT2D eigenvalue weighted by Crippen LogP contribution is -2.57. The van der Waals surface area contributed by atoms with Crippen LogP contribution >= 0.6 is 11.8 Å². The highest BCUT2D eigenvalue weighted by atomic mass is 32.2. The second-order valence-electron chi connectivity index (χ2n) is 10.7. The zero-order valence-electron chi connectivity index (χ0n) is 22.4. The number of aliphatic hydroxyl groups excluding tert-OH is 1. The highest BCUT2D eigenvalue weighted by molar-refractivity contribution is 8.02. The molecular weight excluding hydrogens is 474 g/mol. The average molecular weight is 520 g/mol. The van der Waals surface area contributed by atoms with Gasteiger partial charge in [-0.05, 0) is 38.0 Å². The van der Waals surface area contributed by atoms with Crippen LogP contribution in [0.25, 0.3) is 0 Å². The Morgan fingerprint density at radius 3 is 2.50 bits per heavy atom. The summed E-state index contributed by atoms with van der Waals surface area (Å²) in [6.07, 6.45) is 9.54. The second-order valence-corrected chi connectivity index (χ2v) is 12.2. The summed E-state index contributed by atoms with van der Waals surface area (Å²) in [5, 5.41) is 9.27. The molecule has 7 nitrogen and oxygen atoms in total. The van der Waals surface area contributed by atoms with Crippen LogP contribution < -0.4 is 0 Å². The lowest BCUT2D eigenvalue weighted by Gasteiger charge is -2.41. The largest absolute Gasteiger partial charge is 0.396 e. The summed E-state index contributed by atoms with van der Waals surface area (Å²) in [7, 11) is 1.77. The number of likely N-dealkylation sites (tertiary alicyclic amines) is 1. The minimum Gasteiger partial charge on any atom is -0.396 e. The number of rotatable bonds is 15. The van der Waals surface area contributed by atoms with Crippen molar-refractivity contribution in [3.05, 3.63) is 25.3 Å². The molecule has 1 spiro atoms. The van der Waals surface area contributed by atoms with Crippen molar-refractivity contribution >= 4 is 29.5 Å². The number of fused-ring (bicyclic) bond motifs is 1. The Kier molecular flexibility index (Phi) is 10.1. The normalized spacial score (nSPS) is 30.4. The van der Waals surface area contributed by atoms with Gasteiger partial charge in [0.15, 0.2) is 0 Å². The molecule has 0 saturated carbocycles. The molecule has 0 aromatic carbocycles. The van der Waals surface area contributed by atoms with Gasteiger partial charge in [-0.15, -0.1) is 24.9 Å². The summed E-state index contributed by atoms with van der Waals surface area (Å²) in [4.78, 5) is 47.3. The van der Waals surface area contributed by atoms with Gasteiger partial charge in [-0.1, -0.05) is 38.8 Å². The molecule has 3 aliphatic heterocycles. The maximum atomic E-state index is 14.3. The monoisotopic (exact) mass is 519 g/mol. The molecule has 3 rings (SSSR count). The standard InChI is InChI=1S/C28H45N3O4S/c1-6-9-11-16-30(15-8-3)27(35)24-28-20(4)19-21(36-28)22(25(33)29(5)14-7-2)23(28)26(34)31(24)17-12-10-13-18-32/h7-8,20-24,32H,2-3,6,9-19H2,1,4-5H3/t20?,21-,22+,23+,24?,28?/m1/s1. The van der Waals surface area contributed by atoms with E-state index in [0.29, 0.717) is 32.6 Å². The number of thioether (sulfide) groups is 1. The second kappa shape index (κ2) is 12.6. The maximum absolute atomic E-state index is 14.3. The van der Waals surface area contributed by atoms with E-state index in [1.54, 1.807) is 40.8 Å². The van der Waals surface area contributed by atoms with Crippen LogP contribution in [0.3, 0.4) is 0 Å². The number of nitrogens with zero attached hydrogens (tertiary/aromatic N) is 3. The Hall–Kier alpha value is -1.80. The molecule has 3 amide bonds. The van der Waals surface area contributed by atoms with Crippen LogP contribution in [0.15, 0.2) is 25.3 Å². The number of carbonyl (C=O) groups is 3. The van der Waals surface area contributed by atoms with Crippen molar-refractivity contribution in [1.82, 2.24) is 14.7 Å². The Balaban J connectivity index is 1.99. The number of unbranched alkanes of at least 4 members (excludes halogenated alkanes) is 4. The van der Waals surface area contributed by atoms with Gasteiger partial charge in [0, 0.05) is 45.1 Å². The van der Waals surface area contributed by atoms with E-state index >= 15 is 0 Å². The molecule has 2 bridgehead atoms. The van der Waals surface area contributed by atoms with Crippen molar-refractivity contribution in [1.29, 1.82) is 0 Å². The number of aliphatic hydroxyl groups is 1. The zero-order chi connectivity index (χ0) is 26.5. The number of hydrogen-bond donors (Lipinski definition) is 1. The third-order valence-corrected chi connectivity index (χ3v) is 10.4. The number of amides is 3. The van der Waals surface area contributed by atoms with Crippen LogP contribution in [0.5, 0.6) is 0 Å². The molecule has 8 heteroatoms. The number of hydrogen-bond acceptors (Lipinski definition) is 5. The smallest absolute Gasteiger partial charge is 0.247 e. The Labute approximate surface area is 221 Å². The van der Waals surface area contributed by atoms with E-state index in [9.17, 15) is 19.5 Å². The van der Waals surface area contributed by atoms with Crippen LogP contribution in [-0.4, -0.2) is 93.4 Å². The van der Waals surface area contributed by atoms with Gasteiger partial charge in [0.25, 0.3) is 0 Å². The van der Waals surface area contributed by atoms with E-state index in [1.807, 2.05) is 4.90 Å². The topological polar surface area (TPSA) is 81.2 Å².